The molecule has 3 aromatic rings. The van der Waals surface area contributed by atoms with Crippen molar-refractivity contribution in [2.45, 2.75) is 50.2 Å². The Kier molecular flexibility index (Phi) is 6.01. The fraction of sp³-hybridized carbons (Fsp3) is 0.435. The number of aromatic nitrogens is 3. The van der Waals surface area contributed by atoms with Gasteiger partial charge in [-0.15, -0.1) is 0 Å². The number of fused-ring (bicyclic) bond motifs is 1. The summed E-state index contributed by atoms with van der Waals surface area (Å²) >= 11 is 0. The highest BCUT2D eigenvalue weighted by molar-refractivity contribution is 5.51. The second kappa shape index (κ2) is 8.63. The Labute approximate surface area is 188 Å². The van der Waals surface area contributed by atoms with E-state index in [2.05, 4.69) is 21.5 Å². The number of nitrogens with one attached hydrogen (secondary N) is 1. The van der Waals surface area contributed by atoms with E-state index in [1.54, 1.807) is 18.2 Å². The van der Waals surface area contributed by atoms with Crippen molar-refractivity contribution in [3.05, 3.63) is 59.2 Å². The average molecular weight is 460 g/mol. The topological polar surface area (TPSA) is 92.0 Å². The van der Waals surface area contributed by atoms with Crippen LogP contribution in [-0.2, 0) is 18.0 Å². The van der Waals surface area contributed by atoms with Crippen LogP contribution in [0, 0.1) is 23.1 Å². The SMILES string of the molecule is CCc1cc(NCC2(c3ccc(F)cc3)CCC(C#N)CC2N)n2nc(C(F)(F)F)cc2n1. The van der Waals surface area contributed by atoms with Crippen molar-refractivity contribution in [2.24, 2.45) is 11.7 Å². The molecule has 0 bridgehead atoms. The zero-order valence-corrected chi connectivity index (χ0v) is 18.0. The number of aryl methyl sites for hydroxylation is 1. The first kappa shape index (κ1) is 23.0. The lowest BCUT2D eigenvalue weighted by molar-refractivity contribution is -0.141. The van der Waals surface area contributed by atoms with Crippen molar-refractivity contribution in [3.63, 3.8) is 0 Å². The molecule has 174 valence electrons. The van der Waals surface area contributed by atoms with Crippen LogP contribution in [0.1, 0.15) is 43.1 Å². The molecule has 2 heterocycles. The molecule has 1 aliphatic rings. The Bertz CT molecular complexity index is 1180. The fourth-order valence-electron chi connectivity index (χ4n) is 4.57. The van der Waals surface area contributed by atoms with E-state index in [4.69, 9.17) is 5.73 Å². The number of hydrogen-bond donors (Lipinski definition) is 2. The predicted molar refractivity (Wildman–Crippen MR) is 115 cm³/mol. The van der Waals surface area contributed by atoms with E-state index >= 15 is 0 Å². The third-order valence-corrected chi connectivity index (χ3v) is 6.51. The molecule has 1 fully saturated rings. The highest BCUT2D eigenvalue weighted by Crippen LogP contribution is 2.41. The smallest absolute Gasteiger partial charge is 0.369 e. The molecule has 0 amide bonds. The van der Waals surface area contributed by atoms with Crippen molar-refractivity contribution in [1.29, 1.82) is 5.26 Å². The summed E-state index contributed by atoms with van der Waals surface area (Å²) in [5, 5.41) is 16.3. The molecule has 0 radical (unpaired) electrons. The Morgan fingerprint density at radius 2 is 2.00 bits per heavy atom. The van der Waals surface area contributed by atoms with Crippen molar-refractivity contribution >= 4 is 11.5 Å². The second-order valence-corrected chi connectivity index (χ2v) is 8.51. The fourth-order valence-corrected chi connectivity index (χ4v) is 4.57. The molecular weight excluding hydrogens is 436 g/mol. The van der Waals surface area contributed by atoms with Crippen LogP contribution in [0.5, 0.6) is 0 Å². The van der Waals surface area contributed by atoms with Gasteiger partial charge in [-0.2, -0.15) is 28.0 Å². The van der Waals surface area contributed by atoms with E-state index in [-0.39, 0.29) is 23.9 Å². The molecule has 3 unspecified atom stereocenters. The minimum Gasteiger partial charge on any atom is -0.369 e. The molecule has 0 aliphatic heterocycles. The van der Waals surface area contributed by atoms with Gasteiger partial charge in [-0.3, -0.25) is 0 Å². The highest BCUT2D eigenvalue weighted by Gasteiger charge is 2.43. The molecule has 3 atom stereocenters. The van der Waals surface area contributed by atoms with Gasteiger partial charge in [0.2, 0.25) is 0 Å². The van der Waals surface area contributed by atoms with Gasteiger partial charge in [-0.1, -0.05) is 19.1 Å². The Morgan fingerprint density at radius 1 is 1.27 bits per heavy atom. The lowest BCUT2D eigenvalue weighted by Crippen LogP contribution is -2.53. The van der Waals surface area contributed by atoms with Gasteiger partial charge < -0.3 is 11.1 Å². The first-order chi connectivity index (χ1) is 15.7. The van der Waals surface area contributed by atoms with Crippen LogP contribution < -0.4 is 11.1 Å². The maximum Gasteiger partial charge on any atom is 0.435 e. The van der Waals surface area contributed by atoms with E-state index in [9.17, 15) is 22.8 Å². The van der Waals surface area contributed by atoms with E-state index < -0.39 is 23.3 Å². The Hall–Kier alpha value is -3.19. The minimum absolute atomic E-state index is 0.0949. The summed E-state index contributed by atoms with van der Waals surface area (Å²) in [6.07, 6.45) is -2.39. The highest BCUT2D eigenvalue weighted by atomic mass is 19.4. The van der Waals surface area contributed by atoms with E-state index in [0.717, 1.165) is 16.1 Å². The van der Waals surface area contributed by atoms with Gasteiger partial charge in [0.05, 0.1) is 6.07 Å². The molecule has 33 heavy (non-hydrogen) atoms. The molecule has 3 N–H and O–H groups in total. The molecule has 4 rings (SSSR count). The van der Waals surface area contributed by atoms with Crippen molar-refractivity contribution in [1.82, 2.24) is 14.6 Å². The molecule has 10 heteroatoms. The van der Waals surface area contributed by atoms with Crippen LogP contribution in [0.25, 0.3) is 5.65 Å². The third-order valence-electron chi connectivity index (χ3n) is 6.51. The average Bonchev–Trinajstić information content (AvgIpc) is 3.23. The molecule has 1 aromatic carbocycles. The Morgan fingerprint density at radius 3 is 2.61 bits per heavy atom. The van der Waals surface area contributed by atoms with Crippen molar-refractivity contribution < 1.29 is 17.6 Å². The molecular formula is C23H24F4N6. The van der Waals surface area contributed by atoms with Crippen LogP contribution >= 0.6 is 0 Å². The van der Waals surface area contributed by atoms with Crippen LogP contribution in [-0.4, -0.2) is 27.2 Å². The summed E-state index contributed by atoms with van der Waals surface area (Å²) in [6.45, 7) is 2.14. The maximum atomic E-state index is 13.6. The summed E-state index contributed by atoms with van der Waals surface area (Å²) in [5.74, 6) is -0.183. The third kappa shape index (κ3) is 4.37. The molecule has 0 spiro atoms. The van der Waals surface area contributed by atoms with E-state index in [1.807, 2.05) is 6.92 Å². The number of halogens is 4. The van der Waals surface area contributed by atoms with Gasteiger partial charge in [0.25, 0.3) is 0 Å². The van der Waals surface area contributed by atoms with Gasteiger partial charge >= 0.3 is 6.18 Å². The first-order valence-corrected chi connectivity index (χ1v) is 10.8. The summed E-state index contributed by atoms with van der Waals surface area (Å²) < 4.78 is 54.5. The van der Waals surface area contributed by atoms with Gasteiger partial charge in [0.1, 0.15) is 11.6 Å². The number of benzene rings is 1. The number of hydrogen-bond acceptors (Lipinski definition) is 5. The number of rotatable bonds is 5. The lowest BCUT2D eigenvalue weighted by Gasteiger charge is -2.44. The zero-order chi connectivity index (χ0) is 23.8. The van der Waals surface area contributed by atoms with Gasteiger partial charge in [-0.05, 0) is 43.4 Å². The molecule has 1 saturated carbocycles. The van der Waals surface area contributed by atoms with Crippen LogP contribution in [0.3, 0.4) is 0 Å². The number of nitriles is 1. The predicted octanol–water partition coefficient (Wildman–Crippen LogP) is 4.45. The summed E-state index contributed by atoms with van der Waals surface area (Å²) in [6, 6.07) is 10.6. The lowest BCUT2D eigenvalue weighted by atomic mass is 9.64. The monoisotopic (exact) mass is 460 g/mol. The molecule has 1 aliphatic carbocycles. The minimum atomic E-state index is -4.59. The molecule has 0 saturated heterocycles. The van der Waals surface area contributed by atoms with Crippen LogP contribution in [0.4, 0.5) is 23.4 Å². The number of nitrogens with zero attached hydrogens (tertiary/aromatic N) is 4. The van der Waals surface area contributed by atoms with Crippen molar-refractivity contribution in [3.8, 4) is 6.07 Å². The van der Waals surface area contributed by atoms with Crippen LogP contribution in [0.2, 0.25) is 0 Å². The molecule has 6 nitrogen and oxygen atoms in total. The normalized spacial score (nSPS) is 23.4. The van der Waals surface area contributed by atoms with E-state index in [0.29, 0.717) is 37.2 Å². The zero-order valence-electron chi connectivity index (χ0n) is 18.0. The second-order valence-electron chi connectivity index (χ2n) is 8.51. The Balaban J connectivity index is 1.73. The van der Waals surface area contributed by atoms with Gasteiger partial charge in [0.15, 0.2) is 11.3 Å². The summed E-state index contributed by atoms with van der Waals surface area (Å²) in [5.41, 5.74) is 6.45. The largest absolute Gasteiger partial charge is 0.435 e. The summed E-state index contributed by atoms with van der Waals surface area (Å²) in [7, 11) is 0. The number of anilines is 1. The molecule has 2 aromatic heterocycles. The number of alkyl halides is 3. The van der Waals surface area contributed by atoms with Gasteiger partial charge in [0, 0.05) is 41.7 Å². The first-order valence-electron chi connectivity index (χ1n) is 10.8. The number of nitrogens with two attached hydrogens (primary N) is 1. The van der Waals surface area contributed by atoms with E-state index in [1.165, 1.54) is 12.1 Å². The quantitative estimate of drug-likeness (QED) is 0.549. The van der Waals surface area contributed by atoms with Gasteiger partial charge in [-0.25, -0.2) is 9.37 Å². The van der Waals surface area contributed by atoms with Crippen molar-refractivity contribution in [2.75, 3.05) is 11.9 Å². The summed E-state index contributed by atoms with van der Waals surface area (Å²) in [4.78, 5) is 4.26. The van der Waals surface area contributed by atoms with Crippen LogP contribution in [0.15, 0.2) is 36.4 Å². The standard InChI is InChI=1S/C23H24F4N6/c1-2-17-10-20(33-21(31-17)11-19(32-33)23(25,26)27)30-13-22(15-3-5-16(24)6-4-15)8-7-14(12-28)9-18(22)29/h3-6,10-11,14,18,30H,2,7-9,13,29H2,1H3. The maximum absolute atomic E-state index is 13.6.